The van der Waals surface area contributed by atoms with Crippen LogP contribution in [0.1, 0.15) is 40.0 Å². The molecule has 0 spiro atoms. The van der Waals surface area contributed by atoms with Crippen molar-refractivity contribution in [3.8, 4) is 5.69 Å². The Balaban J connectivity index is 1.38. The molecule has 170 valence electrons. The molecule has 0 radical (unpaired) electrons. The number of carbonyl (C=O) groups excluding carboxylic acids is 1. The molecular formula is C25H27N5O2S. The minimum Gasteiger partial charge on any atom is -0.272 e. The van der Waals surface area contributed by atoms with E-state index in [1.807, 2.05) is 12.1 Å². The van der Waals surface area contributed by atoms with Crippen LogP contribution in [0.15, 0.2) is 63.8 Å². The number of hydrogen-bond acceptors (Lipinski definition) is 6. The average molecular weight is 462 g/mol. The molecule has 7 nitrogen and oxygen atoms in total. The van der Waals surface area contributed by atoms with E-state index in [9.17, 15) is 9.59 Å². The van der Waals surface area contributed by atoms with Gasteiger partial charge in [0, 0.05) is 17.3 Å². The van der Waals surface area contributed by atoms with Crippen LogP contribution in [0.25, 0.3) is 16.6 Å². The van der Waals surface area contributed by atoms with Crippen molar-refractivity contribution in [2.24, 2.45) is 21.8 Å². The first-order valence-electron chi connectivity index (χ1n) is 11.2. The first-order chi connectivity index (χ1) is 15.8. The van der Waals surface area contributed by atoms with Crippen LogP contribution in [0.3, 0.4) is 0 Å². The predicted molar refractivity (Wildman–Crippen MR) is 131 cm³/mol. The lowest BCUT2D eigenvalue weighted by molar-refractivity contribution is -0.118. The molecule has 0 aliphatic heterocycles. The molecule has 1 amide bonds. The van der Waals surface area contributed by atoms with Crippen molar-refractivity contribution in [1.82, 2.24) is 20.0 Å². The fourth-order valence-corrected chi connectivity index (χ4v) is 6.12. The summed E-state index contributed by atoms with van der Waals surface area (Å²) >= 11 is 1.22. The molecule has 2 fully saturated rings. The number of rotatable bonds is 5. The van der Waals surface area contributed by atoms with Gasteiger partial charge in [0.25, 0.3) is 11.5 Å². The Morgan fingerprint density at radius 1 is 1.24 bits per heavy atom. The van der Waals surface area contributed by atoms with Crippen molar-refractivity contribution < 1.29 is 4.79 Å². The van der Waals surface area contributed by atoms with Crippen molar-refractivity contribution in [1.29, 1.82) is 0 Å². The van der Waals surface area contributed by atoms with Gasteiger partial charge < -0.3 is 0 Å². The zero-order valence-electron chi connectivity index (χ0n) is 19.0. The zero-order chi connectivity index (χ0) is 23.2. The summed E-state index contributed by atoms with van der Waals surface area (Å²) in [5.41, 5.74) is 5.12. The third kappa shape index (κ3) is 3.57. The molecule has 2 atom stereocenters. The largest absolute Gasteiger partial charge is 0.272 e. The van der Waals surface area contributed by atoms with Crippen LogP contribution >= 0.6 is 11.8 Å². The first-order valence-corrected chi connectivity index (χ1v) is 12.2. The molecule has 5 rings (SSSR count). The number of fused-ring (bicyclic) bond motifs is 3. The van der Waals surface area contributed by atoms with Gasteiger partial charge in [-0.15, -0.1) is 0 Å². The number of para-hydroxylation sites is 1. The fraction of sp³-hybridized carbons (Fsp3) is 0.400. The molecular weight excluding hydrogens is 434 g/mol. The normalized spacial score (nSPS) is 24.5. The second-order valence-corrected chi connectivity index (χ2v) is 10.6. The van der Waals surface area contributed by atoms with Gasteiger partial charge in [0.05, 0.1) is 28.5 Å². The summed E-state index contributed by atoms with van der Waals surface area (Å²) in [5.74, 6) is 0.519. The van der Waals surface area contributed by atoms with Crippen molar-refractivity contribution in [3.63, 3.8) is 0 Å². The maximum atomic E-state index is 13.2. The standard InChI is InChI=1S/C25H27N5O2S/c1-24(2)16-10-11-25(24,3)20(13-16)28-29-21(31)15-33-23-27-19-9-5-4-8-18(19)22(32)30(23)17-7-6-12-26-14-17/h4-9,12,14,16H,10-11,13,15H2,1-3H3,(H,29,31)/b28-20+. The van der Waals surface area contributed by atoms with Crippen LogP contribution in [0, 0.1) is 16.7 Å². The Labute approximate surface area is 196 Å². The van der Waals surface area contributed by atoms with E-state index < -0.39 is 0 Å². The maximum absolute atomic E-state index is 13.2. The van der Waals surface area contributed by atoms with Gasteiger partial charge in [0.15, 0.2) is 5.16 Å². The summed E-state index contributed by atoms with van der Waals surface area (Å²) in [6.45, 7) is 6.90. The minimum atomic E-state index is -0.211. The molecule has 2 saturated carbocycles. The van der Waals surface area contributed by atoms with E-state index in [-0.39, 0.29) is 28.0 Å². The Morgan fingerprint density at radius 2 is 2.06 bits per heavy atom. The first kappa shape index (κ1) is 21.8. The van der Waals surface area contributed by atoms with Gasteiger partial charge >= 0.3 is 0 Å². The highest BCUT2D eigenvalue weighted by molar-refractivity contribution is 7.99. The molecule has 8 heteroatoms. The Hall–Kier alpha value is -3.00. The number of benzene rings is 1. The van der Waals surface area contributed by atoms with Gasteiger partial charge in [0.2, 0.25) is 0 Å². The lowest BCUT2D eigenvalue weighted by Gasteiger charge is -2.34. The van der Waals surface area contributed by atoms with Crippen molar-refractivity contribution in [3.05, 3.63) is 59.1 Å². The maximum Gasteiger partial charge on any atom is 0.266 e. The number of pyridine rings is 1. The van der Waals surface area contributed by atoms with Crippen LogP contribution in [-0.2, 0) is 4.79 Å². The molecule has 0 saturated heterocycles. The minimum absolute atomic E-state index is 0.0405. The number of aromatic nitrogens is 3. The van der Waals surface area contributed by atoms with E-state index in [1.165, 1.54) is 22.7 Å². The summed E-state index contributed by atoms with van der Waals surface area (Å²) < 4.78 is 1.51. The number of thioether (sulfide) groups is 1. The average Bonchev–Trinajstić information content (AvgIpc) is 3.15. The highest BCUT2D eigenvalue weighted by Gasteiger charge is 2.60. The molecule has 2 bridgehead atoms. The molecule has 2 aromatic heterocycles. The van der Waals surface area contributed by atoms with Crippen LogP contribution in [0.5, 0.6) is 0 Å². The third-order valence-corrected chi connectivity index (χ3v) is 8.75. The number of hydrogen-bond donors (Lipinski definition) is 1. The number of nitrogens with one attached hydrogen (secondary N) is 1. The second kappa shape index (κ2) is 8.09. The second-order valence-electron chi connectivity index (χ2n) is 9.64. The summed E-state index contributed by atoms with van der Waals surface area (Å²) in [4.78, 5) is 34.7. The SMILES string of the molecule is CC12CCC(C/C1=N\NC(=O)CSc1nc3ccccc3c(=O)n1-c1cccnc1)C2(C)C. The van der Waals surface area contributed by atoms with E-state index in [0.29, 0.717) is 27.7 Å². The van der Waals surface area contributed by atoms with Crippen LogP contribution < -0.4 is 11.0 Å². The number of carbonyl (C=O) groups is 1. The predicted octanol–water partition coefficient (Wildman–Crippen LogP) is 4.19. The van der Waals surface area contributed by atoms with Crippen LogP contribution in [-0.4, -0.2) is 31.9 Å². The van der Waals surface area contributed by atoms with Gasteiger partial charge in [-0.2, -0.15) is 5.10 Å². The highest BCUT2D eigenvalue weighted by atomic mass is 32.2. The highest BCUT2D eigenvalue weighted by Crippen LogP contribution is 2.63. The van der Waals surface area contributed by atoms with Crippen molar-refractivity contribution in [2.75, 3.05) is 5.75 Å². The smallest absolute Gasteiger partial charge is 0.266 e. The van der Waals surface area contributed by atoms with Gasteiger partial charge in [-0.3, -0.25) is 19.1 Å². The lowest BCUT2D eigenvalue weighted by Crippen LogP contribution is -2.34. The number of amides is 1. The van der Waals surface area contributed by atoms with Gasteiger partial charge in [-0.25, -0.2) is 10.4 Å². The molecule has 2 aliphatic rings. The van der Waals surface area contributed by atoms with Crippen molar-refractivity contribution >= 4 is 34.3 Å². The Bertz CT molecular complexity index is 1320. The summed E-state index contributed by atoms with van der Waals surface area (Å²) in [5, 5.41) is 5.51. The fourth-order valence-electron chi connectivity index (χ4n) is 5.31. The van der Waals surface area contributed by atoms with E-state index >= 15 is 0 Å². The molecule has 2 heterocycles. The number of hydrazone groups is 1. The molecule has 1 aromatic carbocycles. The van der Waals surface area contributed by atoms with E-state index in [0.717, 1.165) is 18.6 Å². The van der Waals surface area contributed by atoms with Gasteiger partial charge in [-0.05, 0) is 54.9 Å². The summed E-state index contributed by atoms with van der Waals surface area (Å²) in [6, 6.07) is 10.8. The summed E-state index contributed by atoms with van der Waals surface area (Å²) in [6.07, 6.45) is 6.56. The van der Waals surface area contributed by atoms with Gasteiger partial charge in [0.1, 0.15) is 0 Å². The lowest BCUT2D eigenvalue weighted by atomic mass is 9.70. The molecule has 33 heavy (non-hydrogen) atoms. The monoisotopic (exact) mass is 461 g/mol. The van der Waals surface area contributed by atoms with E-state index in [2.05, 4.69) is 41.3 Å². The molecule has 2 unspecified atom stereocenters. The topological polar surface area (TPSA) is 89.2 Å². The van der Waals surface area contributed by atoms with E-state index in [1.54, 1.807) is 36.7 Å². The van der Waals surface area contributed by atoms with E-state index in [4.69, 9.17) is 0 Å². The van der Waals surface area contributed by atoms with Crippen molar-refractivity contribution in [2.45, 2.75) is 45.2 Å². The molecule has 3 aromatic rings. The molecule has 2 aliphatic carbocycles. The van der Waals surface area contributed by atoms with Crippen LogP contribution in [0.4, 0.5) is 0 Å². The molecule has 1 N–H and O–H groups in total. The van der Waals surface area contributed by atoms with Crippen LogP contribution in [0.2, 0.25) is 0 Å². The van der Waals surface area contributed by atoms with Gasteiger partial charge in [-0.1, -0.05) is 44.7 Å². The third-order valence-electron chi connectivity index (χ3n) is 7.81. The Morgan fingerprint density at radius 3 is 2.76 bits per heavy atom. The Kier molecular flexibility index (Phi) is 5.35. The zero-order valence-corrected chi connectivity index (χ0v) is 19.9. The summed E-state index contributed by atoms with van der Waals surface area (Å²) in [7, 11) is 0. The quantitative estimate of drug-likeness (QED) is 0.350. The number of nitrogens with zero attached hydrogens (tertiary/aromatic N) is 4.